The van der Waals surface area contributed by atoms with Gasteiger partial charge < -0.3 is 15.0 Å². The summed E-state index contributed by atoms with van der Waals surface area (Å²) in [5.74, 6) is 0. The molecule has 1 N–H and O–H groups in total. The number of aryl methyl sites for hydroxylation is 1. The molecule has 16 heavy (non-hydrogen) atoms. The van der Waals surface area contributed by atoms with Gasteiger partial charge in [-0.1, -0.05) is 6.07 Å². The summed E-state index contributed by atoms with van der Waals surface area (Å²) in [5.41, 5.74) is 3.95. The first-order valence-corrected chi connectivity index (χ1v) is 6.03. The van der Waals surface area contributed by atoms with E-state index in [4.69, 9.17) is 4.74 Å². The van der Waals surface area contributed by atoms with Crippen molar-refractivity contribution in [2.45, 2.75) is 19.4 Å². The number of benzene rings is 1. The number of nitrogens with zero attached hydrogens (tertiary/aromatic N) is 1. The average molecular weight is 218 g/mol. The Kier molecular flexibility index (Phi) is 2.48. The molecule has 3 heteroatoms. The van der Waals surface area contributed by atoms with Gasteiger partial charge in [-0.3, -0.25) is 0 Å². The smallest absolute Gasteiger partial charge is 0.0671 e. The highest BCUT2D eigenvalue weighted by atomic mass is 16.5. The summed E-state index contributed by atoms with van der Waals surface area (Å²) in [5, 5.41) is 3.51. The molecule has 1 saturated heterocycles. The van der Waals surface area contributed by atoms with Crippen molar-refractivity contribution in [3.8, 4) is 0 Å². The van der Waals surface area contributed by atoms with Gasteiger partial charge in [0.25, 0.3) is 0 Å². The highest BCUT2D eigenvalue weighted by molar-refractivity contribution is 5.72. The highest BCUT2D eigenvalue weighted by Crippen LogP contribution is 2.32. The van der Waals surface area contributed by atoms with Gasteiger partial charge in [0.15, 0.2) is 0 Å². The quantitative estimate of drug-likeness (QED) is 0.721. The van der Waals surface area contributed by atoms with Crippen molar-refractivity contribution in [2.75, 3.05) is 36.5 Å². The minimum absolute atomic E-state index is 0.546. The van der Waals surface area contributed by atoms with E-state index in [0.29, 0.717) is 6.04 Å². The van der Waals surface area contributed by atoms with E-state index in [1.54, 1.807) is 0 Å². The molecular weight excluding hydrogens is 200 g/mol. The monoisotopic (exact) mass is 218 g/mol. The predicted molar refractivity (Wildman–Crippen MR) is 66.2 cm³/mol. The van der Waals surface area contributed by atoms with E-state index in [1.165, 1.54) is 16.9 Å². The molecule has 0 radical (unpaired) electrons. The molecule has 1 atom stereocenters. The number of nitrogens with one attached hydrogen (secondary N) is 1. The maximum atomic E-state index is 5.57. The van der Waals surface area contributed by atoms with Crippen molar-refractivity contribution in [3.63, 3.8) is 0 Å². The maximum Gasteiger partial charge on any atom is 0.0671 e. The first kappa shape index (κ1) is 9.97. The zero-order chi connectivity index (χ0) is 11.0. The third-order valence-corrected chi connectivity index (χ3v) is 3.48. The Hall–Kier alpha value is -1.22. The molecule has 0 spiro atoms. The van der Waals surface area contributed by atoms with Crippen LogP contribution < -0.4 is 10.2 Å². The third-order valence-electron chi connectivity index (χ3n) is 3.48. The minimum Gasteiger partial charge on any atom is -0.383 e. The Morgan fingerprint density at radius 3 is 3.31 bits per heavy atom. The second kappa shape index (κ2) is 3.98. The van der Waals surface area contributed by atoms with E-state index in [9.17, 15) is 0 Å². The second-order valence-electron chi connectivity index (χ2n) is 4.66. The summed E-state index contributed by atoms with van der Waals surface area (Å²) in [6.07, 6.45) is 1.16. The van der Waals surface area contributed by atoms with E-state index in [2.05, 4.69) is 35.3 Å². The molecule has 2 aliphatic heterocycles. The molecule has 0 saturated carbocycles. The Balaban J connectivity index is 2.02. The van der Waals surface area contributed by atoms with Gasteiger partial charge in [0.2, 0.25) is 0 Å². The molecule has 0 bridgehead atoms. The number of ether oxygens (including phenoxy) is 1. The summed E-state index contributed by atoms with van der Waals surface area (Å²) in [4.78, 5) is 2.51. The van der Waals surface area contributed by atoms with Gasteiger partial charge in [-0.25, -0.2) is 0 Å². The standard InChI is InChI=1S/C13H18N2O/c1-10-2-3-12-13(8-10)15-6-7-16-9-11(15)4-5-14-12/h2-3,8,11,14H,4-7,9H2,1H3. The Morgan fingerprint density at radius 2 is 2.38 bits per heavy atom. The van der Waals surface area contributed by atoms with Crippen LogP contribution in [0.25, 0.3) is 0 Å². The molecule has 86 valence electrons. The molecule has 2 aliphatic rings. The summed E-state index contributed by atoms with van der Waals surface area (Å²) >= 11 is 0. The van der Waals surface area contributed by atoms with Crippen LogP contribution in [0.2, 0.25) is 0 Å². The van der Waals surface area contributed by atoms with Crippen LogP contribution in [0.5, 0.6) is 0 Å². The molecule has 1 aromatic carbocycles. The maximum absolute atomic E-state index is 5.57. The van der Waals surface area contributed by atoms with Gasteiger partial charge >= 0.3 is 0 Å². The first-order chi connectivity index (χ1) is 7.84. The summed E-state index contributed by atoms with van der Waals surface area (Å²) < 4.78 is 5.57. The largest absolute Gasteiger partial charge is 0.383 e. The molecule has 0 aliphatic carbocycles. The molecule has 1 aromatic rings. The molecule has 2 heterocycles. The number of morpholine rings is 1. The van der Waals surface area contributed by atoms with Crippen molar-refractivity contribution < 1.29 is 4.74 Å². The molecule has 1 fully saturated rings. The van der Waals surface area contributed by atoms with Crippen LogP contribution in [-0.2, 0) is 4.74 Å². The number of rotatable bonds is 0. The van der Waals surface area contributed by atoms with Gasteiger partial charge in [-0.05, 0) is 31.0 Å². The van der Waals surface area contributed by atoms with E-state index in [0.717, 1.165) is 32.7 Å². The average Bonchev–Trinajstić information content (AvgIpc) is 2.48. The van der Waals surface area contributed by atoms with Crippen molar-refractivity contribution in [1.29, 1.82) is 0 Å². The third kappa shape index (κ3) is 1.65. The van der Waals surface area contributed by atoms with Crippen LogP contribution in [0.4, 0.5) is 11.4 Å². The van der Waals surface area contributed by atoms with Crippen molar-refractivity contribution in [2.24, 2.45) is 0 Å². The number of hydrogen-bond donors (Lipinski definition) is 1. The fraction of sp³-hybridized carbons (Fsp3) is 0.538. The zero-order valence-corrected chi connectivity index (χ0v) is 9.70. The fourth-order valence-electron chi connectivity index (χ4n) is 2.61. The predicted octanol–water partition coefficient (Wildman–Crippen LogP) is 2.02. The summed E-state index contributed by atoms with van der Waals surface area (Å²) in [6.45, 7) is 5.93. The van der Waals surface area contributed by atoms with Gasteiger partial charge in [0, 0.05) is 13.1 Å². The number of fused-ring (bicyclic) bond motifs is 3. The molecular formula is C13H18N2O. The van der Waals surface area contributed by atoms with E-state index >= 15 is 0 Å². The van der Waals surface area contributed by atoms with E-state index < -0.39 is 0 Å². The Morgan fingerprint density at radius 1 is 1.44 bits per heavy atom. The highest BCUT2D eigenvalue weighted by Gasteiger charge is 2.26. The first-order valence-electron chi connectivity index (χ1n) is 6.03. The fourth-order valence-corrected chi connectivity index (χ4v) is 2.61. The van der Waals surface area contributed by atoms with Crippen LogP contribution in [0.3, 0.4) is 0 Å². The van der Waals surface area contributed by atoms with E-state index in [1.807, 2.05) is 0 Å². The topological polar surface area (TPSA) is 24.5 Å². The van der Waals surface area contributed by atoms with Gasteiger partial charge in [-0.2, -0.15) is 0 Å². The molecule has 1 unspecified atom stereocenters. The summed E-state index contributed by atoms with van der Waals surface area (Å²) in [7, 11) is 0. The van der Waals surface area contributed by atoms with Crippen LogP contribution in [0.15, 0.2) is 18.2 Å². The Labute approximate surface area is 96.4 Å². The summed E-state index contributed by atoms with van der Waals surface area (Å²) in [6, 6.07) is 7.20. The Bertz CT molecular complexity index is 392. The molecule has 0 amide bonds. The molecule has 0 aromatic heterocycles. The lowest BCUT2D eigenvalue weighted by Crippen LogP contribution is -2.45. The van der Waals surface area contributed by atoms with Crippen molar-refractivity contribution in [1.82, 2.24) is 0 Å². The molecule has 3 rings (SSSR count). The van der Waals surface area contributed by atoms with Gasteiger partial charge in [0.1, 0.15) is 0 Å². The van der Waals surface area contributed by atoms with Crippen molar-refractivity contribution >= 4 is 11.4 Å². The normalized spacial score (nSPS) is 24.1. The van der Waals surface area contributed by atoms with Crippen LogP contribution in [0, 0.1) is 6.92 Å². The van der Waals surface area contributed by atoms with E-state index in [-0.39, 0.29) is 0 Å². The lowest BCUT2D eigenvalue weighted by atomic mass is 10.1. The van der Waals surface area contributed by atoms with Crippen LogP contribution in [0.1, 0.15) is 12.0 Å². The van der Waals surface area contributed by atoms with Gasteiger partial charge in [-0.15, -0.1) is 0 Å². The lowest BCUT2D eigenvalue weighted by molar-refractivity contribution is 0.0931. The van der Waals surface area contributed by atoms with Crippen molar-refractivity contribution in [3.05, 3.63) is 23.8 Å². The number of hydrogen-bond acceptors (Lipinski definition) is 3. The minimum atomic E-state index is 0.546. The van der Waals surface area contributed by atoms with Gasteiger partial charge in [0.05, 0.1) is 30.6 Å². The lowest BCUT2D eigenvalue weighted by Gasteiger charge is -2.36. The van der Waals surface area contributed by atoms with Crippen LogP contribution >= 0.6 is 0 Å². The number of anilines is 2. The van der Waals surface area contributed by atoms with Crippen LogP contribution in [-0.4, -0.2) is 32.3 Å². The second-order valence-corrected chi connectivity index (χ2v) is 4.66. The zero-order valence-electron chi connectivity index (χ0n) is 9.70. The molecule has 3 nitrogen and oxygen atoms in total. The SMILES string of the molecule is Cc1ccc2c(c1)N1CCOCC1CCN2.